The molecule has 1 amide bonds. The monoisotopic (exact) mass is 287 g/mol. The maximum atomic E-state index is 12.7. The molecule has 20 heavy (non-hydrogen) atoms. The summed E-state index contributed by atoms with van der Waals surface area (Å²) in [4.78, 5) is 20.2. The summed E-state index contributed by atoms with van der Waals surface area (Å²) in [6.45, 7) is 2.88. The minimum absolute atomic E-state index is 0.0771. The van der Waals surface area contributed by atoms with E-state index in [1.54, 1.807) is 36.7 Å². The first-order valence-corrected chi connectivity index (χ1v) is 7.59. The fraction of sp³-hybridized carbons (Fsp3) is 0.333. The second-order valence-electron chi connectivity index (χ2n) is 4.90. The molecule has 1 aliphatic heterocycles. The smallest absolute Gasteiger partial charge is 0.254 e. The Morgan fingerprint density at radius 3 is 3.15 bits per heavy atom. The van der Waals surface area contributed by atoms with Crippen LogP contribution in [-0.2, 0) is 6.42 Å². The minimum atomic E-state index is 0.0771. The van der Waals surface area contributed by atoms with Gasteiger partial charge in [0, 0.05) is 30.2 Å². The molecule has 0 saturated carbocycles. The summed E-state index contributed by atoms with van der Waals surface area (Å²) in [6.07, 6.45) is 2.62. The third-order valence-electron chi connectivity index (χ3n) is 3.80. The van der Waals surface area contributed by atoms with Crippen LogP contribution >= 0.6 is 11.3 Å². The molecule has 0 saturated heterocycles. The van der Waals surface area contributed by atoms with Crippen LogP contribution in [0.4, 0.5) is 5.82 Å². The van der Waals surface area contributed by atoms with Crippen molar-refractivity contribution in [3.8, 4) is 0 Å². The van der Waals surface area contributed by atoms with E-state index in [2.05, 4.69) is 28.7 Å². The number of hydrogen-bond donors (Lipinski definition) is 1. The number of thiophene rings is 1. The van der Waals surface area contributed by atoms with E-state index in [9.17, 15) is 4.79 Å². The van der Waals surface area contributed by atoms with E-state index in [-0.39, 0.29) is 11.9 Å². The van der Waals surface area contributed by atoms with Crippen molar-refractivity contribution >= 4 is 23.1 Å². The number of fused-ring (bicyclic) bond motifs is 1. The van der Waals surface area contributed by atoms with Gasteiger partial charge in [0.15, 0.2) is 0 Å². The zero-order chi connectivity index (χ0) is 14.1. The van der Waals surface area contributed by atoms with Gasteiger partial charge in [0.25, 0.3) is 5.91 Å². The Balaban J connectivity index is 1.88. The number of amides is 1. The van der Waals surface area contributed by atoms with Gasteiger partial charge in [0.2, 0.25) is 0 Å². The predicted molar refractivity (Wildman–Crippen MR) is 81.3 cm³/mol. The van der Waals surface area contributed by atoms with Gasteiger partial charge < -0.3 is 10.2 Å². The Labute approximate surface area is 122 Å². The number of rotatable bonds is 2. The van der Waals surface area contributed by atoms with Crippen LogP contribution in [0.2, 0.25) is 0 Å². The van der Waals surface area contributed by atoms with E-state index in [1.807, 2.05) is 4.90 Å². The minimum Gasteiger partial charge on any atom is -0.373 e. The lowest BCUT2D eigenvalue weighted by Crippen LogP contribution is -2.38. The van der Waals surface area contributed by atoms with Crippen molar-refractivity contribution in [1.82, 2.24) is 9.88 Å². The fourth-order valence-corrected chi connectivity index (χ4v) is 3.62. The molecule has 2 aromatic heterocycles. The van der Waals surface area contributed by atoms with Crippen LogP contribution in [-0.4, -0.2) is 29.4 Å². The molecule has 104 valence electrons. The van der Waals surface area contributed by atoms with Crippen LogP contribution in [0.25, 0.3) is 0 Å². The zero-order valence-electron chi connectivity index (χ0n) is 11.6. The Hall–Kier alpha value is -1.88. The molecule has 0 aliphatic carbocycles. The molecule has 3 heterocycles. The lowest BCUT2D eigenvalue weighted by Gasteiger charge is -2.33. The number of aromatic nitrogens is 1. The summed E-state index contributed by atoms with van der Waals surface area (Å²) in [5, 5.41) is 5.08. The lowest BCUT2D eigenvalue weighted by molar-refractivity contribution is 0.0679. The molecule has 0 spiro atoms. The molecule has 4 nitrogen and oxygen atoms in total. The molecule has 2 aromatic rings. The molecule has 0 fully saturated rings. The predicted octanol–water partition coefficient (Wildman–Crippen LogP) is 2.94. The summed E-state index contributed by atoms with van der Waals surface area (Å²) < 4.78 is 0. The van der Waals surface area contributed by atoms with Crippen molar-refractivity contribution in [2.24, 2.45) is 0 Å². The molecule has 1 unspecified atom stereocenters. The van der Waals surface area contributed by atoms with Crippen molar-refractivity contribution in [1.29, 1.82) is 0 Å². The van der Waals surface area contributed by atoms with Gasteiger partial charge in [-0.05, 0) is 42.5 Å². The van der Waals surface area contributed by atoms with Gasteiger partial charge in [-0.2, -0.15) is 0 Å². The van der Waals surface area contributed by atoms with Crippen LogP contribution in [0, 0.1) is 0 Å². The second-order valence-corrected chi connectivity index (χ2v) is 5.90. The Morgan fingerprint density at radius 1 is 1.50 bits per heavy atom. The Bertz CT molecular complexity index is 638. The molecule has 0 aromatic carbocycles. The van der Waals surface area contributed by atoms with Crippen LogP contribution in [0.5, 0.6) is 0 Å². The fourth-order valence-electron chi connectivity index (χ4n) is 2.65. The van der Waals surface area contributed by atoms with Crippen molar-refractivity contribution in [3.05, 3.63) is 45.8 Å². The highest BCUT2D eigenvalue weighted by Gasteiger charge is 2.28. The van der Waals surface area contributed by atoms with E-state index in [1.165, 1.54) is 10.4 Å². The van der Waals surface area contributed by atoms with Gasteiger partial charge in [-0.1, -0.05) is 0 Å². The van der Waals surface area contributed by atoms with Crippen molar-refractivity contribution in [2.45, 2.75) is 19.4 Å². The maximum Gasteiger partial charge on any atom is 0.254 e. The summed E-state index contributed by atoms with van der Waals surface area (Å²) in [7, 11) is 1.80. The van der Waals surface area contributed by atoms with E-state index >= 15 is 0 Å². The quantitative estimate of drug-likeness (QED) is 0.923. The summed E-state index contributed by atoms with van der Waals surface area (Å²) in [6, 6.07) is 5.86. The van der Waals surface area contributed by atoms with E-state index in [0.717, 1.165) is 18.8 Å². The first-order valence-electron chi connectivity index (χ1n) is 6.71. The first kappa shape index (κ1) is 13.1. The topological polar surface area (TPSA) is 45.2 Å². The average Bonchev–Trinajstić information content (AvgIpc) is 2.96. The normalized spacial score (nSPS) is 17.7. The third-order valence-corrected chi connectivity index (χ3v) is 4.80. The van der Waals surface area contributed by atoms with Crippen LogP contribution < -0.4 is 5.32 Å². The molecule has 3 rings (SSSR count). The molecule has 1 N–H and O–H groups in total. The number of pyridine rings is 1. The van der Waals surface area contributed by atoms with E-state index in [4.69, 9.17) is 0 Å². The number of hydrogen-bond acceptors (Lipinski definition) is 4. The van der Waals surface area contributed by atoms with Gasteiger partial charge in [0.05, 0.1) is 6.04 Å². The summed E-state index contributed by atoms with van der Waals surface area (Å²) in [5.41, 5.74) is 1.98. The zero-order valence-corrected chi connectivity index (χ0v) is 12.4. The highest BCUT2D eigenvalue weighted by molar-refractivity contribution is 7.10. The number of anilines is 1. The lowest BCUT2D eigenvalue weighted by atomic mass is 10.0. The van der Waals surface area contributed by atoms with Crippen LogP contribution in [0.1, 0.15) is 33.8 Å². The molecule has 5 heteroatoms. The van der Waals surface area contributed by atoms with Gasteiger partial charge in [-0.25, -0.2) is 4.98 Å². The van der Waals surface area contributed by atoms with Gasteiger partial charge in [0.1, 0.15) is 5.82 Å². The summed E-state index contributed by atoms with van der Waals surface area (Å²) in [5.74, 6) is 0.796. The summed E-state index contributed by atoms with van der Waals surface area (Å²) >= 11 is 1.79. The largest absolute Gasteiger partial charge is 0.373 e. The second kappa shape index (κ2) is 5.25. The van der Waals surface area contributed by atoms with Crippen molar-refractivity contribution in [2.75, 3.05) is 18.9 Å². The highest BCUT2D eigenvalue weighted by atomic mass is 32.1. The number of carbonyl (C=O) groups is 1. The number of nitrogens with zero attached hydrogens (tertiary/aromatic N) is 2. The van der Waals surface area contributed by atoms with Crippen LogP contribution in [0.3, 0.4) is 0 Å². The number of carbonyl (C=O) groups excluding carboxylic acids is 1. The number of nitrogens with one attached hydrogen (secondary N) is 1. The van der Waals surface area contributed by atoms with E-state index < -0.39 is 0 Å². The Morgan fingerprint density at radius 2 is 2.35 bits per heavy atom. The van der Waals surface area contributed by atoms with Gasteiger partial charge >= 0.3 is 0 Å². The molecule has 0 radical (unpaired) electrons. The first-order chi connectivity index (χ1) is 9.70. The van der Waals surface area contributed by atoms with Gasteiger partial charge in [-0.15, -0.1) is 11.3 Å². The molecule has 0 bridgehead atoms. The molecule has 1 atom stereocenters. The van der Waals surface area contributed by atoms with Gasteiger partial charge in [-0.3, -0.25) is 4.79 Å². The van der Waals surface area contributed by atoms with Crippen molar-refractivity contribution in [3.63, 3.8) is 0 Å². The SMILES string of the molecule is CNc1cc(C(=O)N2CCc3sccc3C2C)ccn1. The van der Waals surface area contributed by atoms with Crippen LogP contribution in [0.15, 0.2) is 29.8 Å². The van der Waals surface area contributed by atoms with E-state index in [0.29, 0.717) is 5.56 Å². The average molecular weight is 287 g/mol. The maximum absolute atomic E-state index is 12.7. The highest BCUT2D eigenvalue weighted by Crippen LogP contribution is 2.33. The molecular formula is C15H17N3OS. The molecule has 1 aliphatic rings. The van der Waals surface area contributed by atoms with Crippen molar-refractivity contribution < 1.29 is 4.79 Å². The molecular weight excluding hydrogens is 270 g/mol. The Kier molecular flexibility index (Phi) is 3.44. The third kappa shape index (κ3) is 2.18. The standard InChI is InChI=1S/C15H17N3OS/c1-10-12-5-8-20-13(12)4-7-18(10)15(19)11-3-6-17-14(9-11)16-2/h3,5-6,8-10H,4,7H2,1-2H3,(H,16,17).